The smallest absolute Gasteiger partial charge is 0.339 e. The van der Waals surface area contributed by atoms with Crippen molar-refractivity contribution in [1.29, 1.82) is 0 Å². The molecule has 1 amide bonds. The highest BCUT2D eigenvalue weighted by molar-refractivity contribution is 7.15. The van der Waals surface area contributed by atoms with Crippen molar-refractivity contribution in [3.05, 3.63) is 81.9 Å². The van der Waals surface area contributed by atoms with Crippen LogP contribution in [0.5, 0.6) is 0 Å². The van der Waals surface area contributed by atoms with Gasteiger partial charge in [0.1, 0.15) is 0 Å². The monoisotopic (exact) mass is 392 g/mol. The van der Waals surface area contributed by atoms with E-state index in [4.69, 9.17) is 4.74 Å². The van der Waals surface area contributed by atoms with Crippen molar-refractivity contribution in [3.8, 4) is 0 Å². The van der Waals surface area contributed by atoms with Gasteiger partial charge in [0.25, 0.3) is 5.91 Å². The Kier molecular flexibility index (Phi) is 4.73. The normalized spacial score (nSPS) is 18.3. The molecule has 1 N–H and O–H groups in total. The van der Waals surface area contributed by atoms with Gasteiger partial charge in [0.2, 0.25) is 0 Å². The Balaban J connectivity index is 1.48. The summed E-state index contributed by atoms with van der Waals surface area (Å²) in [4.78, 5) is 30.5. The summed E-state index contributed by atoms with van der Waals surface area (Å²) in [5.74, 6) is -0.842. The number of carbonyl (C=O) groups is 2. The number of carbonyl (C=O) groups excluding carboxylic acids is 2. The predicted octanol–water partition coefficient (Wildman–Crippen LogP) is 4.15. The summed E-state index contributed by atoms with van der Waals surface area (Å²) in [5.41, 5.74) is 2.53. The summed E-state index contributed by atoms with van der Waals surface area (Å²) in [7, 11) is 0. The molecule has 5 nitrogen and oxygen atoms in total. The minimum Gasteiger partial charge on any atom is -0.445 e. The number of nitrogens with zero attached hydrogens (tertiary/aromatic N) is 1. The van der Waals surface area contributed by atoms with Crippen molar-refractivity contribution >= 4 is 28.3 Å². The van der Waals surface area contributed by atoms with Gasteiger partial charge in [-0.15, -0.1) is 11.3 Å². The number of thiazole rings is 1. The molecule has 0 saturated carbocycles. The summed E-state index contributed by atoms with van der Waals surface area (Å²) in [6.07, 6.45) is 2.87. The Labute approximate surface area is 167 Å². The fraction of sp³-hybridized carbons (Fsp3) is 0.227. The zero-order valence-corrected chi connectivity index (χ0v) is 16.5. The Hall–Kier alpha value is -2.99. The molecule has 6 heteroatoms. The summed E-state index contributed by atoms with van der Waals surface area (Å²) in [6.45, 7) is 3.72. The summed E-state index contributed by atoms with van der Waals surface area (Å²) >= 11 is 1.43. The number of ether oxygens (including phenoxy) is 1. The topological polar surface area (TPSA) is 68.3 Å². The molecule has 0 saturated heterocycles. The molecule has 28 heavy (non-hydrogen) atoms. The van der Waals surface area contributed by atoms with Crippen molar-refractivity contribution < 1.29 is 14.3 Å². The van der Waals surface area contributed by atoms with E-state index in [9.17, 15) is 9.59 Å². The molecule has 4 rings (SSSR count). The molecule has 0 fully saturated rings. The van der Waals surface area contributed by atoms with Crippen molar-refractivity contribution in [2.24, 2.45) is 0 Å². The van der Waals surface area contributed by atoms with Crippen LogP contribution in [0.15, 0.2) is 54.7 Å². The molecule has 142 valence electrons. The summed E-state index contributed by atoms with van der Waals surface area (Å²) in [6, 6.07) is 15.4. The molecule has 1 aliphatic heterocycles. The highest BCUT2D eigenvalue weighted by Crippen LogP contribution is 2.30. The van der Waals surface area contributed by atoms with Gasteiger partial charge in [0.05, 0.1) is 5.56 Å². The van der Waals surface area contributed by atoms with E-state index in [1.807, 2.05) is 24.3 Å². The van der Waals surface area contributed by atoms with Crippen molar-refractivity contribution in [2.45, 2.75) is 32.3 Å². The number of anilines is 1. The first-order valence-electron chi connectivity index (χ1n) is 9.06. The first-order chi connectivity index (χ1) is 13.4. The number of fused-ring (bicyclic) bond motifs is 1. The highest BCUT2D eigenvalue weighted by atomic mass is 32.1. The predicted molar refractivity (Wildman–Crippen MR) is 109 cm³/mol. The average Bonchev–Trinajstić information content (AvgIpc) is 3.10. The van der Waals surface area contributed by atoms with E-state index >= 15 is 0 Å². The van der Waals surface area contributed by atoms with Gasteiger partial charge in [-0.3, -0.25) is 10.1 Å². The van der Waals surface area contributed by atoms with E-state index in [1.54, 1.807) is 25.3 Å². The lowest BCUT2D eigenvalue weighted by atomic mass is 9.89. The molecule has 1 atom stereocenters. The lowest BCUT2D eigenvalue weighted by Crippen LogP contribution is -2.48. The molecular weight excluding hydrogens is 372 g/mol. The fourth-order valence-corrected chi connectivity index (χ4v) is 4.16. The van der Waals surface area contributed by atoms with Gasteiger partial charge in [-0.25, -0.2) is 9.78 Å². The van der Waals surface area contributed by atoms with Crippen molar-refractivity contribution in [1.82, 2.24) is 4.98 Å². The van der Waals surface area contributed by atoms with Gasteiger partial charge < -0.3 is 4.74 Å². The molecule has 0 spiro atoms. The van der Waals surface area contributed by atoms with Crippen LogP contribution in [0.25, 0.3) is 0 Å². The molecule has 0 aliphatic carbocycles. The number of aryl methyl sites for hydroxylation is 1. The van der Waals surface area contributed by atoms with Gasteiger partial charge >= 0.3 is 5.97 Å². The van der Waals surface area contributed by atoms with Crippen LogP contribution in [-0.2, 0) is 22.4 Å². The van der Waals surface area contributed by atoms with E-state index in [-0.39, 0.29) is 5.91 Å². The summed E-state index contributed by atoms with van der Waals surface area (Å²) in [5, 5.41) is 3.32. The highest BCUT2D eigenvalue weighted by Gasteiger charge is 2.42. The third-order valence-electron chi connectivity index (χ3n) is 4.96. The second-order valence-corrected chi connectivity index (χ2v) is 8.26. The number of amides is 1. The molecule has 1 aromatic heterocycles. The van der Waals surface area contributed by atoms with E-state index in [0.29, 0.717) is 17.1 Å². The largest absolute Gasteiger partial charge is 0.445 e. The first kappa shape index (κ1) is 18.4. The number of aromatic nitrogens is 1. The lowest BCUT2D eigenvalue weighted by Gasteiger charge is -2.32. The lowest BCUT2D eigenvalue weighted by molar-refractivity contribution is -0.134. The Morgan fingerprint density at radius 3 is 2.79 bits per heavy atom. The third-order valence-corrected chi connectivity index (χ3v) is 5.88. The van der Waals surface area contributed by atoms with Gasteiger partial charge in [-0.2, -0.15) is 0 Å². The van der Waals surface area contributed by atoms with Gasteiger partial charge in [-0.1, -0.05) is 42.5 Å². The van der Waals surface area contributed by atoms with Crippen LogP contribution in [0.3, 0.4) is 0 Å². The van der Waals surface area contributed by atoms with Gasteiger partial charge in [0, 0.05) is 23.9 Å². The van der Waals surface area contributed by atoms with Crippen molar-refractivity contribution in [2.75, 3.05) is 5.32 Å². The summed E-state index contributed by atoms with van der Waals surface area (Å²) < 4.78 is 5.48. The van der Waals surface area contributed by atoms with E-state index in [1.165, 1.54) is 22.5 Å². The molecule has 2 heterocycles. The maximum absolute atomic E-state index is 12.8. The molecule has 1 aliphatic rings. The van der Waals surface area contributed by atoms with Crippen LogP contribution in [0.2, 0.25) is 0 Å². The molecule has 0 radical (unpaired) electrons. The molecule has 0 unspecified atom stereocenters. The fourth-order valence-electron chi connectivity index (χ4n) is 3.33. The van der Waals surface area contributed by atoms with Crippen LogP contribution in [0.4, 0.5) is 5.13 Å². The Morgan fingerprint density at radius 1 is 1.21 bits per heavy atom. The van der Waals surface area contributed by atoms with E-state index in [0.717, 1.165) is 16.9 Å². The third kappa shape index (κ3) is 3.55. The number of nitrogens with one attached hydrogen (secondary N) is 1. The van der Waals surface area contributed by atoms with Crippen LogP contribution < -0.4 is 5.32 Å². The van der Waals surface area contributed by atoms with Crippen LogP contribution in [0.1, 0.15) is 38.8 Å². The van der Waals surface area contributed by atoms with Crippen LogP contribution in [0, 0.1) is 6.92 Å². The molecular formula is C22H20N2O3S. The Bertz CT molecular complexity index is 1060. The molecule has 3 aromatic rings. The molecule has 0 bridgehead atoms. The average molecular weight is 392 g/mol. The number of benzene rings is 2. The maximum Gasteiger partial charge on any atom is 0.339 e. The minimum atomic E-state index is -1.26. The van der Waals surface area contributed by atoms with Crippen LogP contribution in [-0.4, -0.2) is 22.5 Å². The van der Waals surface area contributed by atoms with Crippen molar-refractivity contribution in [3.63, 3.8) is 0 Å². The second-order valence-electron chi connectivity index (χ2n) is 7.14. The number of esters is 1. The second kappa shape index (κ2) is 7.20. The van der Waals surface area contributed by atoms with Crippen LogP contribution >= 0.6 is 11.3 Å². The maximum atomic E-state index is 12.8. The van der Waals surface area contributed by atoms with E-state index < -0.39 is 11.6 Å². The zero-order chi connectivity index (χ0) is 19.7. The quantitative estimate of drug-likeness (QED) is 0.677. The zero-order valence-electron chi connectivity index (χ0n) is 15.7. The number of cyclic esters (lactones) is 1. The number of hydrogen-bond donors (Lipinski definition) is 1. The van der Waals surface area contributed by atoms with Gasteiger partial charge in [0.15, 0.2) is 10.7 Å². The van der Waals surface area contributed by atoms with E-state index in [2.05, 4.69) is 29.4 Å². The SMILES string of the molecule is Cc1ccccc1Cc1cnc(NC(=O)[C@]2(C)Cc3ccccc3C(=O)O2)s1. The number of rotatable bonds is 4. The Morgan fingerprint density at radius 2 is 1.96 bits per heavy atom. The first-order valence-corrected chi connectivity index (χ1v) is 9.88. The number of hydrogen-bond acceptors (Lipinski definition) is 5. The molecule has 2 aromatic carbocycles. The minimum absolute atomic E-state index is 0.336. The standard InChI is InChI=1S/C22H20N2O3S/c1-14-7-3-4-8-15(14)11-17-13-23-21(28-17)24-20(26)22(2)12-16-9-5-6-10-18(16)19(25)27-22/h3-10,13H,11-12H2,1-2H3,(H,23,24,26)/t22-/m0/s1. The van der Waals surface area contributed by atoms with Gasteiger partial charge in [-0.05, 0) is 36.6 Å².